The smallest absolute Gasteiger partial charge is 0.131 e. The van der Waals surface area contributed by atoms with Gasteiger partial charge in [0.05, 0.1) is 0 Å². The van der Waals surface area contributed by atoms with E-state index in [0.717, 1.165) is 25.0 Å². The molecule has 1 aliphatic rings. The molecule has 3 heteroatoms. The highest BCUT2D eigenvalue weighted by Crippen LogP contribution is 2.24. The van der Waals surface area contributed by atoms with Crippen molar-refractivity contribution in [1.29, 1.82) is 0 Å². The molecule has 1 saturated heterocycles. The molecular formula is C15H17FN2. The average Bonchev–Trinajstić information content (AvgIpc) is 2.39. The van der Waals surface area contributed by atoms with E-state index in [4.69, 9.17) is 0 Å². The first-order chi connectivity index (χ1) is 8.74. The number of hydrogen-bond acceptors (Lipinski definition) is 2. The quantitative estimate of drug-likeness (QED) is 0.829. The summed E-state index contributed by atoms with van der Waals surface area (Å²) in [7, 11) is 0. The number of rotatable bonds is 1. The Labute approximate surface area is 106 Å². The van der Waals surface area contributed by atoms with Gasteiger partial charge in [-0.3, -0.25) is 0 Å². The van der Waals surface area contributed by atoms with Gasteiger partial charge in [0.25, 0.3) is 0 Å². The van der Waals surface area contributed by atoms with Gasteiger partial charge in [-0.25, -0.2) is 4.39 Å². The number of nitrogens with one attached hydrogen (secondary N) is 1. The van der Waals surface area contributed by atoms with Crippen molar-refractivity contribution >= 4 is 16.5 Å². The molecule has 0 bridgehead atoms. The molecule has 0 amide bonds. The molecule has 0 spiro atoms. The van der Waals surface area contributed by atoms with E-state index in [2.05, 4.69) is 23.2 Å². The van der Waals surface area contributed by atoms with Crippen LogP contribution in [0.2, 0.25) is 0 Å². The largest absolute Gasteiger partial charge is 0.369 e. The highest BCUT2D eigenvalue weighted by Gasteiger charge is 2.16. The second-order valence-electron chi connectivity index (χ2n) is 4.95. The fraction of sp³-hybridized carbons (Fsp3) is 0.333. The van der Waals surface area contributed by atoms with Crippen LogP contribution >= 0.6 is 0 Å². The molecule has 0 aliphatic carbocycles. The first kappa shape index (κ1) is 11.5. The lowest BCUT2D eigenvalue weighted by atomic mass is 10.1. The Balaban J connectivity index is 1.98. The minimum atomic E-state index is -0.146. The number of nitrogens with zero attached hydrogens (tertiary/aromatic N) is 1. The number of piperazine rings is 1. The Morgan fingerprint density at radius 3 is 3.00 bits per heavy atom. The van der Waals surface area contributed by atoms with Crippen molar-refractivity contribution in [1.82, 2.24) is 5.32 Å². The summed E-state index contributed by atoms with van der Waals surface area (Å²) in [6.07, 6.45) is 0. The molecule has 1 atom stereocenters. The number of fused-ring (bicyclic) bond motifs is 1. The van der Waals surface area contributed by atoms with E-state index in [-0.39, 0.29) is 5.82 Å². The molecule has 94 valence electrons. The van der Waals surface area contributed by atoms with Crippen molar-refractivity contribution < 1.29 is 4.39 Å². The van der Waals surface area contributed by atoms with Crippen LogP contribution in [0.5, 0.6) is 0 Å². The van der Waals surface area contributed by atoms with Gasteiger partial charge < -0.3 is 10.2 Å². The Hall–Kier alpha value is -1.61. The van der Waals surface area contributed by atoms with Crippen molar-refractivity contribution in [2.75, 3.05) is 24.5 Å². The number of hydrogen-bond donors (Lipinski definition) is 1. The van der Waals surface area contributed by atoms with E-state index in [1.807, 2.05) is 18.2 Å². The number of anilines is 1. The zero-order valence-electron chi connectivity index (χ0n) is 10.5. The van der Waals surface area contributed by atoms with Gasteiger partial charge in [0.15, 0.2) is 0 Å². The predicted octanol–water partition coefficient (Wildman–Crippen LogP) is 2.78. The van der Waals surface area contributed by atoms with Gasteiger partial charge in [-0.05, 0) is 36.6 Å². The van der Waals surface area contributed by atoms with Crippen LogP contribution in [0, 0.1) is 5.82 Å². The Morgan fingerprint density at radius 1 is 1.28 bits per heavy atom. The first-order valence-corrected chi connectivity index (χ1v) is 6.40. The maximum Gasteiger partial charge on any atom is 0.131 e. The zero-order chi connectivity index (χ0) is 12.5. The van der Waals surface area contributed by atoms with E-state index in [0.29, 0.717) is 11.4 Å². The molecule has 0 saturated carbocycles. The van der Waals surface area contributed by atoms with Crippen molar-refractivity contribution in [2.45, 2.75) is 13.0 Å². The van der Waals surface area contributed by atoms with Gasteiger partial charge in [0, 0.05) is 36.7 Å². The summed E-state index contributed by atoms with van der Waals surface area (Å²) in [4.78, 5) is 2.35. The maximum atomic E-state index is 13.6. The van der Waals surface area contributed by atoms with E-state index in [1.165, 1.54) is 11.8 Å². The highest BCUT2D eigenvalue weighted by atomic mass is 19.1. The molecule has 1 fully saturated rings. The molecule has 0 aromatic heterocycles. The summed E-state index contributed by atoms with van der Waals surface area (Å²) in [5.41, 5.74) is 1.18. The van der Waals surface area contributed by atoms with Crippen molar-refractivity contribution in [3.8, 4) is 0 Å². The summed E-state index contributed by atoms with van der Waals surface area (Å²) in [6, 6.07) is 11.7. The average molecular weight is 244 g/mol. The normalized spacial score (nSPS) is 20.3. The minimum absolute atomic E-state index is 0.146. The Kier molecular flexibility index (Phi) is 2.92. The van der Waals surface area contributed by atoms with Crippen LogP contribution in [-0.2, 0) is 0 Å². The van der Waals surface area contributed by atoms with Crippen LogP contribution in [0.15, 0.2) is 36.4 Å². The van der Waals surface area contributed by atoms with Crippen LogP contribution in [0.4, 0.5) is 10.1 Å². The molecule has 0 radical (unpaired) electrons. The molecule has 18 heavy (non-hydrogen) atoms. The lowest BCUT2D eigenvalue weighted by molar-refractivity contribution is 0.485. The SMILES string of the molecule is C[C@@H]1CN(c2ccc3c(F)cccc3c2)CCN1. The van der Waals surface area contributed by atoms with Gasteiger partial charge in [-0.2, -0.15) is 0 Å². The van der Waals surface area contributed by atoms with Crippen LogP contribution in [0.1, 0.15) is 6.92 Å². The Morgan fingerprint density at radius 2 is 2.17 bits per heavy atom. The number of benzene rings is 2. The molecule has 1 aliphatic heterocycles. The van der Waals surface area contributed by atoms with E-state index < -0.39 is 0 Å². The monoisotopic (exact) mass is 244 g/mol. The van der Waals surface area contributed by atoms with Crippen LogP contribution < -0.4 is 10.2 Å². The summed E-state index contributed by atoms with van der Waals surface area (Å²) < 4.78 is 13.6. The van der Waals surface area contributed by atoms with E-state index in [1.54, 1.807) is 6.07 Å². The third-order valence-electron chi connectivity index (χ3n) is 3.54. The maximum absolute atomic E-state index is 13.6. The fourth-order valence-electron chi connectivity index (χ4n) is 2.60. The highest BCUT2D eigenvalue weighted by molar-refractivity contribution is 5.86. The fourth-order valence-corrected chi connectivity index (χ4v) is 2.60. The molecule has 1 N–H and O–H groups in total. The molecule has 2 nitrogen and oxygen atoms in total. The molecule has 0 unspecified atom stereocenters. The summed E-state index contributed by atoms with van der Waals surface area (Å²) in [5.74, 6) is -0.146. The van der Waals surface area contributed by atoms with Crippen LogP contribution in [-0.4, -0.2) is 25.7 Å². The van der Waals surface area contributed by atoms with Crippen molar-refractivity contribution in [3.63, 3.8) is 0 Å². The minimum Gasteiger partial charge on any atom is -0.369 e. The summed E-state index contributed by atoms with van der Waals surface area (Å²) in [5, 5.41) is 5.10. The van der Waals surface area contributed by atoms with Crippen molar-refractivity contribution in [3.05, 3.63) is 42.2 Å². The van der Waals surface area contributed by atoms with Crippen LogP contribution in [0.25, 0.3) is 10.8 Å². The second-order valence-corrected chi connectivity index (χ2v) is 4.95. The molecule has 2 aromatic carbocycles. The summed E-state index contributed by atoms with van der Waals surface area (Å²) >= 11 is 0. The predicted molar refractivity (Wildman–Crippen MR) is 73.6 cm³/mol. The zero-order valence-corrected chi connectivity index (χ0v) is 10.5. The lowest BCUT2D eigenvalue weighted by Crippen LogP contribution is -2.49. The number of halogens is 1. The summed E-state index contributed by atoms with van der Waals surface area (Å²) in [6.45, 7) is 5.20. The molecular weight excluding hydrogens is 227 g/mol. The topological polar surface area (TPSA) is 15.3 Å². The third kappa shape index (κ3) is 2.06. The van der Waals surface area contributed by atoms with Gasteiger partial charge in [-0.15, -0.1) is 0 Å². The standard InChI is InChI=1S/C15H17FN2/c1-11-10-18(8-7-17-11)13-5-6-14-12(9-13)3-2-4-15(14)16/h2-6,9,11,17H,7-8,10H2,1H3/t11-/m1/s1. The van der Waals surface area contributed by atoms with E-state index in [9.17, 15) is 4.39 Å². The molecule has 2 aromatic rings. The Bertz CT molecular complexity index is 567. The second kappa shape index (κ2) is 4.58. The molecule has 3 rings (SSSR count). The molecule has 1 heterocycles. The van der Waals surface area contributed by atoms with Gasteiger partial charge >= 0.3 is 0 Å². The first-order valence-electron chi connectivity index (χ1n) is 6.40. The lowest BCUT2D eigenvalue weighted by Gasteiger charge is -2.33. The van der Waals surface area contributed by atoms with E-state index >= 15 is 0 Å². The van der Waals surface area contributed by atoms with Crippen molar-refractivity contribution in [2.24, 2.45) is 0 Å². The van der Waals surface area contributed by atoms with Crippen LogP contribution in [0.3, 0.4) is 0 Å². The van der Waals surface area contributed by atoms with Gasteiger partial charge in [0.2, 0.25) is 0 Å². The van der Waals surface area contributed by atoms with Gasteiger partial charge in [0.1, 0.15) is 5.82 Å². The van der Waals surface area contributed by atoms with Gasteiger partial charge in [-0.1, -0.05) is 12.1 Å². The third-order valence-corrected chi connectivity index (χ3v) is 3.54.